The zero-order valence-electron chi connectivity index (χ0n) is 10.7. The molecule has 0 saturated carbocycles. The summed E-state index contributed by atoms with van der Waals surface area (Å²) in [4.78, 5) is 0. The number of fused-ring (bicyclic) bond motifs is 1. The van der Waals surface area contributed by atoms with E-state index in [4.69, 9.17) is 9.47 Å². The van der Waals surface area contributed by atoms with E-state index in [9.17, 15) is 0 Å². The van der Waals surface area contributed by atoms with Crippen LogP contribution in [0.5, 0.6) is 11.5 Å². The number of hydrogen-bond acceptors (Lipinski definition) is 2. The van der Waals surface area contributed by atoms with Gasteiger partial charge >= 0.3 is 0 Å². The zero-order chi connectivity index (χ0) is 12.8. The highest BCUT2D eigenvalue weighted by atomic mass is 79.9. The van der Waals surface area contributed by atoms with Crippen LogP contribution in [0, 0.1) is 0 Å². The lowest BCUT2D eigenvalue weighted by Gasteiger charge is -2.17. The second-order valence-corrected chi connectivity index (χ2v) is 5.04. The first kappa shape index (κ1) is 13.5. The second kappa shape index (κ2) is 6.83. The third kappa shape index (κ3) is 3.52. The molecule has 0 N–H and O–H groups in total. The van der Waals surface area contributed by atoms with E-state index in [1.165, 1.54) is 18.4 Å². The first-order valence-corrected chi connectivity index (χ1v) is 7.60. The molecule has 0 bridgehead atoms. The van der Waals surface area contributed by atoms with Crippen LogP contribution in [-0.2, 0) is 0 Å². The van der Waals surface area contributed by atoms with Gasteiger partial charge in [-0.1, -0.05) is 35.7 Å². The molecule has 0 spiro atoms. The van der Waals surface area contributed by atoms with E-state index in [1.54, 1.807) is 0 Å². The van der Waals surface area contributed by atoms with E-state index in [0.717, 1.165) is 35.4 Å². The number of unbranched alkanes of at least 4 members (excludes halogenated alkanes) is 2. The van der Waals surface area contributed by atoms with Crippen molar-refractivity contribution in [2.45, 2.75) is 26.2 Å². The van der Waals surface area contributed by atoms with Gasteiger partial charge in [-0.15, -0.1) is 0 Å². The van der Waals surface area contributed by atoms with Gasteiger partial charge in [-0.3, -0.25) is 0 Å². The first-order chi connectivity index (χ1) is 8.83. The summed E-state index contributed by atoms with van der Waals surface area (Å²) < 4.78 is 11.4. The Bertz CT molecular complexity index is 427. The summed E-state index contributed by atoms with van der Waals surface area (Å²) in [6.07, 6.45) is 5.74. The summed E-state index contributed by atoms with van der Waals surface area (Å²) in [5, 5.41) is 0.855. The van der Waals surface area contributed by atoms with Crippen molar-refractivity contribution in [1.29, 1.82) is 0 Å². The van der Waals surface area contributed by atoms with Crippen molar-refractivity contribution in [3.63, 3.8) is 0 Å². The van der Waals surface area contributed by atoms with E-state index in [1.807, 2.05) is 12.1 Å². The SMILES string of the molecule is CCCCCOc1ccc2c(c1)C=C(CBr)CO2. The summed E-state index contributed by atoms with van der Waals surface area (Å²) in [6, 6.07) is 6.03. The van der Waals surface area contributed by atoms with E-state index in [-0.39, 0.29) is 0 Å². The average molecular weight is 311 g/mol. The summed E-state index contributed by atoms with van der Waals surface area (Å²) in [6.45, 7) is 3.67. The first-order valence-electron chi connectivity index (χ1n) is 6.48. The Morgan fingerprint density at radius 3 is 3.00 bits per heavy atom. The fraction of sp³-hybridized carbons (Fsp3) is 0.467. The summed E-state index contributed by atoms with van der Waals surface area (Å²) in [5.41, 5.74) is 2.37. The number of hydrogen-bond donors (Lipinski definition) is 0. The monoisotopic (exact) mass is 310 g/mol. The smallest absolute Gasteiger partial charge is 0.127 e. The van der Waals surface area contributed by atoms with Gasteiger partial charge in [-0.25, -0.2) is 0 Å². The molecule has 0 atom stereocenters. The largest absolute Gasteiger partial charge is 0.494 e. The van der Waals surface area contributed by atoms with Crippen LogP contribution < -0.4 is 9.47 Å². The van der Waals surface area contributed by atoms with E-state index >= 15 is 0 Å². The van der Waals surface area contributed by atoms with E-state index in [2.05, 4.69) is 35.0 Å². The maximum atomic E-state index is 5.75. The van der Waals surface area contributed by atoms with Crippen molar-refractivity contribution in [2.75, 3.05) is 18.5 Å². The van der Waals surface area contributed by atoms with Gasteiger partial charge in [0.2, 0.25) is 0 Å². The molecule has 3 heteroatoms. The predicted molar refractivity (Wildman–Crippen MR) is 78.7 cm³/mol. The molecule has 0 amide bonds. The van der Waals surface area contributed by atoms with Gasteiger partial charge in [0.25, 0.3) is 0 Å². The lowest BCUT2D eigenvalue weighted by Crippen LogP contribution is -2.08. The number of benzene rings is 1. The van der Waals surface area contributed by atoms with Crippen LogP contribution in [0.25, 0.3) is 6.08 Å². The molecule has 1 aliphatic rings. The number of alkyl halides is 1. The Labute approximate surface area is 117 Å². The van der Waals surface area contributed by atoms with Gasteiger partial charge < -0.3 is 9.47 Å². The van der Waals surface area contributed by atoms with E-state index in [0.29, 0.717) is 6.61 Å². The highest BCUT2D eigenvalue weighted by Gasteiger charge is 2.11. The van der Waals surface area contributed by atoms with Gasteiger partial charge in [-0.05, 0) is 36.3 Å². The van der Waals surface area contributed by atoms with Crippen LogP contribution in [0.4, 0.5) is 0 Å². The minimum Gasteiger partial charge on any atom is -0.494 e. The van der Waals surface area contributed by atoms with Gasteiger partial charge in [0.15, 0.2) is 0 Å². The van der Waals surface area contributed by atoms with E-state index < -0.39 is 0 Å². The molecule has 0 aromatic heterocycles. The van der Waals surface area contributed by atoms with Crippen molar-refractivity contribution in [3.05, 3.63) is 29.3 Å². The summed E-state index contributed by atoms with van der Waals surface area (Å²) in [7, 11) is 0. The number of ether oxygens (including phenoxy) is 2. The van der Waals surface area contributed by atoms with Crippen molar-refractivity contribution in [1.82, 2.24) is 0 Å². The van der Waals surface area contributed by atoms with Gasteiger partial charge in [-0.2, -0.15) is 0 Å². The molecule has 0 fully saturated rings. The minimum absolute atomic E-state index is 0.676. The van der Waals surface area contributed by atoms with Crippen LogP contribution in [0.2, 0.25) is 0 Å². The molecular weight excluding hydrogens is 292 g/mol. The molecule has 18 heavy (non-hydrogen) atoms. The van der Waals surface area contributed by atoms with Crippen molar-refractivity contribution in [3.8, 4) is 11.5 Å². The van der Waals surface area contributed by atoms with Crippen molar-refractivity contribution >= 4 is 22.0 Å². The molecule has 0 saturated heterocycles. The molecule has 0 aliphatic carbocycles. The summed E-state index contributed by atoms with van der Waals surface area (Å²) >= 11 is 3.46. The Balaban J connectivity index is 2.01. The Morgan fingerprint density at radius 1 is 1.33 bits per heavy atom. The van der Waals surface area contributed by atoms with Gasteiger partial charge in [0, 0.05) is 10.9 Å². The topological polar surface area (TPSA) is 18.5 Å². The zero-order valence-corrected chi connectivity index (χ0v) is 12.3. The Hall–Kier alpha value is -0.960. The van der Waals surface area contributed by atoms with Crippen LogP contribution >= 0.6 is 15.9 Å². The normalized spacial score (nSPS) is 13.6. The standard InChI is InChI=1S/C15H19BrO2/c1-2-3-4-7-17-14-5-6-15-13(9-14)8-12(10-16)11-18-15/h5-6,8-9H,2-4,7,10-11H2,1H3. The third-order valence-corrected chi connectivity index (χ3v) is 3.66. The quantitative estimate of drug-likeness (QED) is 0.572. The molecule has 1 heterocycles. The van der Waals surface area contributed by atoms with Gasteiger partial charge in [0.1, 0.15) is 18.1 Å². The number of halogens is 1. The second-order valence-electron chi connectivity index (χ2n) is 4.48. The molecular formula is C15H19BrO2. The highest BCUT2D eigenvalue weighted by molar-refractivity contribution is 9.09. The maximum absolute atomic E-state index is 5.75. The summed E-state index contributed by atoms with van der Waals surface area (Å²) in [5.74, 6) is 1.88. The van der Waals surface area contributed by atoms with Crippen LogP contribution in [-0.4, -0.2) is 18.5 Å². The van der Waals surface area contributed by atoms with Crippen LogP contribution in [0.1, 0.15) is 31.7 Å². The average Bonchev–Trinajstić information content (AvgIpc) is 2.42. The highest BCUT2D eigenvalue weighted by Crippen LogP contribution is 2.30. The van der Waals surface area contributed by atoms with Gasteiger partial charge in [0.05, 0.1) is 6.61 Å². The Kier molecular flexibility index (Phi) is 5.12. The molecule has 2 rings (SSSR count). The lowest BCUT2D eigenvalue weighted by molar-refractivity contribution is 0.304. The molecule has 1 aromatic carbocycles. The van der Waals surface area contributed by atoms with Crippen LogP contribution in [0.3, 0.4) is 0 Å². The fourth-order valence-corrected chi connectivity index (χ4v) is 2.24. The van der Waals surface area contributed by atoms with Crippen LogP contribution in [0.15, 0.2) is 23.8 Å². The molecule has 1 aromatic rings. The van der Waals surface area contributed by atoms with Crippen molar-refractivity contribution < 1.29 is 9.47 Å². The third-order valence-electron chi connectivity index (χ3n) is 2.94. The maximum Gasteiger partial charge on any atom is 0.127 e. The lowest BCUT2D eigenvalue weighted by atomic mass is 10.1. The molecule has 1 aliphatic heterocycles. The molecule has 98 valence electrons. The predicted octanol–water partition coefficient (Wildman–Crippen LogP) is 4.43. The fourth-order valence-electron chi connectivity index (χ4n) is 1.91. The molecule has 0 unspecified atom stereocenters. The molecule has 0 radical (unpaired) electrons. The number of rotatable bonds is 6. The minimum atomic E-state index is 0.676. The molecule has 2 nitrogen and oxygen atoms in total. The van der Waals surface area contributed by atoms with Crippen molar-refractivity contribution in [2.24, 2.45) is 0 Å². The Morgan fingerprint density at radius 2 is 2.22 bits per heavy atom.